The number of hydrogen-bond donors (Lipinski definition) is 2. The summed E-state index contributed by atoms with van der Waals surface area (Å²) in [6.07, 6.45) is 6.94. The summed E-state index contributed by atoms with van der Waals surface area (Å²) in [5, 5.41) is 11.8. The van der Waals surface area contributed by atoms with Crippen LogP contribution in [0.5, 0.6) is 0 Å². The first-order valence-corrected chi connectivity index (χ1v) is 10.9. The maximum atomic E-state index is 12.8. The maximum Gasteiger partial charge on any atom is 0.259 e. The first kappa shape index (κ1) is 18.6. The van der Waals surface area contributed by atoms with Gasteiger partial charge in [-0.3, -0.25) is 0 Å². The largest absolute Gasteiger partial charge is 0.367 e. The summed E-state index contributed by atoms with van der Waals surface area (Å²) in [6.45, 7) is 1.86. The Labute approximate surface area is 157 Å². The van der Waals surface area contributed by atoms with Crippen molar-refractivity contribution in [1.82, 2.24) is 9.71 Å². The Hall–Kier alpha value is -1.17. The number of nitrogens with one attached hydrogen (secondary N) is 2. The molecule has 2 saturated carbocycles. The van der Waals surface area contributed by atoms with E-state index in [4.69, 9.17) is 5.26 Å². The molecule has 3 rings (SSSR count). The molecule has 1 spiro atoms. The van der Waals surface area contributed by atoms with E-state index >= 15 is 0 Å². The normalized spacial score (nSPS) is 20.8. The summed E-state index contributed by atoms with van der Waals surface area (Å²) in [5.41, 5.74) is 0.529. The Kier molecular flexibility index (Phi) is 5.37. The van der Waals surface area contributed by atoms with Crippen molar-refractivity contribution in [3.05, 3.63) is 16.6 Å². The van der Waals surface area contributed by atoms with Crippen molar-refractivity contribution >= 4 is 31.8 Å². The highest BCUT2D eigenvalue weighted by Gasteiger charge is 2.45. The van der Waals surface area contributed by atoms with Crippen LogP contribution >= 0.6 is 15.9 Å². The van der Waals surface area contributed by atoms with Gasteiger partial charge in [-0.2, -0.15) is 5.26 Å². The van der Waals surface area contributed by atoms with Gasteiger partial charge in [-0.25, -0.2) is 18.1 Å². The Morgan fingerprint density at radius 1 is 1.36 bits per heavy atom. The number of hydrogen-bond acceptors (Lipinski definition) is 5. The Bertz CT molecular complexity index is 776. The molecular formula is C17H23BrN4O2S. The summed E-state index contributed by atoms with van der Waals surface area (Å²) in [4.78, 5) is 4.25. The standard InChI is InChI=1S/C17H23BrN4O2S/c1-12(6-11-19)20-15-3-2-14(18)16(21-15)25(23,24)22-13-4-7-17(8-5-13)9-10-17/h2-3,12-13,22H,4-10H2,1H3,(H,20,21). The van der Waals surface area contributed by atoms with Crippen LogP contribution in [0, 0.1) is 16.7 Å². The van der Waals surface area contributed by atoms with Crippen LogP contribution in [0.3, 0.4) is 0 Å². The lowest BCUT2D eigenvalue weighted by Crippen LogP contribution is -2.38. The number of pyridine rings is 1. The summed E-state index contributed by atoms with van der Waals surface area (Å²) in [5.74, 6) is 0.451. The van der Waals surface area contributed by atoms with Crippen LogP contribution < -0.4 is 10.0 Å². The first-order chi connectivity index (χ1) is 11.8. The van der Waals surface area contributed by atoms with E-state index in [1.807, 2.05) is 6.92 Å². The fourth-order valence-corrected chi connectivity index (χ4v) is 5.62. The minimum atomic E-state index is -3.69. The van der Waals surface area contributed by atoms with Crippen molar-refractivity contribution in [1.29, 1.82) is 5.26 Å². The third-order valence-corrected chi connectivity index (χ3v) is 7.55. The van der Waals surface area contributed by atoms with Crippen LogP contribution in [0.15, 0.2) is 21.6 Å². The molecule has 0 saturated heterocycles. The molecule has 2 N–H and O–H groups in total. The van der Waals surface area contributed by atoms with Crippen LogP contribution in [-0.2, 0) is 10.0 Å². The molecule has 1 aromatic heterocycles. The molecule has 0 radical (unpaired) electrons. The van der Waals surface area contributed by atoms with Crippen LogP contribution in [0.1, 0.15) is 51.9 Å². The molecule has 0 aromatic carbocycles. The lowest BCUT2D eigenvalue weighted by atomic mass is 9.84. The van der Waals surface area contributed by atoms with E-state index in [2.05, 4.69) is 37.0 Å². The van der Waals surface area contributed by atoms with E-state index in [1.54, 1.807) is 12.1 Å². The molecule has 1 aromatic rings. The quantitative estimate of drug-likeness (QED) is 0.724. The minimum absolute atomic E-state index is 0.00614. The van der Waals surface area contributed by atoms with Crippen molar-refractivity contribution in [2.45, 2.75) is 69.0 Å². The zero-order valence-electron chi connectivity index (χ0n) is 14.3. The molecule has 136 valence electrons. The fraction of sp³-hybridized carbons (Fsp3) is 0.647. The van der Waals surface area contributed by atoms with Crippen molar-refractivity contribution < 1.29 is 8.42 Å². The van der Waals surface area contributed by atoms with E-state index in [9.17, 15) is 8.42 Å². The number of sulfonamides is 1. The van der Waals surface area contributed by atoms with E-state index in [1.165, 1.54) is 12.8 Å². The van der Waals surface area contributed by atoms with Crippen molar-refractivity contribution in [2.75, 3.05) is 5.32 Å². The summed E-state index contributed by atoms with van der Waals surface area (Å²) < 4.78 is 28.8. The number of aromatic nitrogens is 1. The van der Waals surface area contributed by atoms with E-state index in [0.29, 0.717) is 22.1 Å². The van der Waals surface area contributed by atoms with E-state index < -0.39 is 10.0 Å². The molecule has 0 bridgehead atoms. The molecule has 2 aliphatic carbocycles. The summed E-state index contributed by atoms with van der Waals surface area (Å²) in [6, 6.07) is 5.34. The van der Waals surface area contributed by atoms with Gasteiger partial charge >= 0.3 is 0 Å². The van der Waals surface area contributed by atoms with Crippen LogP contribution in [0.25, 0.3) is 0 Å². The Morgan fingerprint density at radius 2 is 2.04 bits per heavy atom. The molecule has 8 heteroatoms. The summed E-state index contributed by atoms with van der Waals surface area (Å²) in [7, 11) is -3.69. The minimum Gasteiger partial charge on any atom is -0.367 e. The van der Waals surface area contributed by atoms with Gasteiger partial charge in [0.15, 0.2) is 5.03 Å². The van der Waals surface area contributed by atoms with Crippen molar-refractivity contribution in [2.24, 2.45) is 5.41 Å². The van der Waals surface area contributed by atoms with Gasteiger partial charge in [0.1, 0.15) is 5.82 Å². The van der Waals surface area contributed by atoms with Gasteiger partial charge in [-0.05, 0) is 78.9 Å². The second-order valence-corrected chi connectivity index (χ2v) is 9.77. The average Bonchev–Trinajstić information content (AvgIpc) is 3.31. The molecule has 6 nitrogen and oxygen atoms in total. The number of rotatable bonds is 6. The molecule has 1 unspecified atom stereocenters. The van der Waals surface area contributed by atoms with Crippen LogP contribution in [0.2, 0.25) is 0 Å². The second kappa shape index (κ2) is 7.22. The van der Waals surface area contributed by atoms with Crippen molar-refractivity contribution in [3.8, 4) is 6.07 Å². The Balaban J connectivity index is 1.71. The zero-order valence-corrected chi connectivity index (χ0v) is 16.7. The van der Waals surface area contributed by atoms with Gasteiger partial charge in [-0.1, -0.05) is 0 Å². The van der Waals surface area contributed by atoms with Crippen LogP contribution in [0.4, 0.5) is 5.82 Å². The van der Waals surface area contributed by atoms with Gasteiger partial charge in [-0.15, -0.1) is 0 Å². The summed E-state index contributed by atoms with van der Waals surface area (Å²) >= 11 is 3.29. The van der Waals surface area contributed by atoms with E-state index in [-0.39, 0.29) is 17.1 Å². The molecular weight excluding hydrogens is 404 g/mol. The molecule has 0 amide bonds. The topological polar surface area (TPSA) is 94.9 Å². The first-order valence-electron chi connectivity index (χ1n) is 8.66. The molecule has 0 aliphatic heterocycles. The molecule has 1 heterocycles. The Morgan fingerprint density at radius 3 is 2.64 bits per heavy atom. The number of nitrogens with zero attached hydrogens (tertiary/aromatic N) is 2. The highest BCUT2D eigenvalue weighted by molar-refractivity contribution is 9.10. The van der Waals surface area contributed by atoms with E-state index in [0.717, 1.165) is 25.7 Å². The highest BCUT2D eigenvalue weighted by atomic mass is 79.9. The van der Waals surface area contributed by atoms with Gasteiger partial charge < -0.3 is 5.32 Å². The number of nitriles is 1. The third kappa shape index (κ3) is 4.52. The van der Waals surface area contributed by atoms with Gasteiger partial charge in [0.2, 0.25) is 0 Å². The number of anilines is 1. The predicted octanol–water partition coefficient (Wildman–Crippen LogP) is 3.56. The zero-order chi connectivity index (χ0) is 18.1. The predicted molar refractivity (Wildman–Crippen MR) is 99.5 cm³/mol. The maximum absolute atomic E-state index is 12.8. The number of halogens is 1. The fourth-order valence-electron chi connectivity index (χ4n) is 3.43. The molecule has 2 aliphatic rings. The second-order valence-electron chi connectivity index (χ2n) is 7.29. The van der Waals surface area contributed by atoms with Crippen LogP contribution in [-0.4, -0.2) is 25.5 Å². The van der Waals surface area contributed by atoms with Gasteiger partial charge in [0.05, 0.1) is 17.0 Å². The third-order valence-electron chi connectivity index (χ3n) is 5.19. The molecule has 1 atom stereocenters. The molecule has 25 heavy (non-hydrogen) atoms. The van der Waals surface area contributed by atoms with Gasteiger partial charge in [0.25, 0.3) is 10.0 Å². The lowest BCUT2D eigenvalue weighted by molar-refractivity contribution is 0.294. The average molecular weight is 427 g/mol. The van der Waals surface area contributed by atoms with Crippen molar-refractivity contribution in [3.63, 3.8) is 0 Å². The van der Waals surface area contributed by atoms with Gasteiger partial charge in [0, 0.05) is 12.1 Å². The smallest absolute Gasteiger partial charge is 0.259 e. The molecule has 2 fully saturated rings. The monoisotopic (exact) mass is 426 g/mol. The SMILES string of the molecule is CC(CC#N)Nc1ccc(Br)c(S(=O)(=O)NC2CCC3(CC2)CC3)n1. The highest BCUT2D eigenvalue weighted by Crippen LogP contribution is 2.56. The lowest BCUT2D eigenvalue weighted by Gasteiger charge is -2.28.